The van der Waals surface area contributed by atoms with Crippen LogP contribution >= 0.6 is 0 Å². The highest BCUT2D eigenvalue weighted by molar-refractivity contribution is 5.87. The normalized spacial score (nSPS) is 11.9. The summed E-state index contributed by atoms with van der Waals surface area (Å²) in [4.78, 5) is 14.9. The zero-order chi connectivity index (χ0) is 19.9. The first-order valence-electron chi connectivity index (χ1n) is 9.27. The van der Waals surface area contributed by atoms with Crippen LogP contribution in [0.3, 0.4) is 0 Å². The van der Waals surface area contributed by atoms with Gasteiger partial charge in [0.2, 0.25) is 5.91 Å². The molecule has 0 aliphatic carbocycles. The standard InChI is InChI=1S/C24H25NO3/c1-25(17-22(26)18-13-15-21(28-2)16-14-18)24(27)23(19-9-5-3-6-10-19)20-11-7-4-8-12-20/h3-16,22-23,26H,17H2,1-2H3. The fourth-order valence-electron chi connectivity index (χ4n) is 3.27. The van der Waals surface area contributed by atoms with Crippen LogP contribution in [0.5, 0.6) is 5.75 Å². The summed E-state index contributed by atoms with van der Waals surface area (Å²) in [6.45, 7) is 0.210. The first-order valence-corrected chi connectivity index (χ1v) is 9.27. The topological polar surface area (TPSA) is 49.8 Å². The third-order valence-electron chi connectivity index (χ3n) is 4.84. The lowest BCUT2D eigenvalue weighted by molar-refractivity contribution is -0.131. The maximum atomic E-state index is 13.3. The first-order chi connectivity index (χ1) is 13.6. The van der Waals surface area contributed by atoms with Crippen molar-refractivity contribution < 1.29 is 14.6 Å². The Morgan fingerprint density at radius 3 is 1.82 bits per heavy atom. The Bertz CT molecular complexity index is 839. The quantitative estimate of drug-likeness (QED) is 0.679. The van der Waals surface area contributed by atoms with E-state index in [1.165, 1.54) is 0 Å². The summed E-state index contributed by atoms with van der Waals surface area (Å²) in [6, 6.07) is 26.7. The number of hydrogen-bond acceptors (Lipinski definition) is 3. The van der Waals surface area contributed by atoms with Gasteiger partial charge in [0.1, 0.15) is 5.75 Å². The molecule has 0 aromatic heterocycles. The molecular formula is C24H25NO3. The van der Waals surface area contributed by atoms with Gasteiger partial charge in [-0.05, 0) is 28.8 Å². The van der Waals surface area contributed by atoms with E-state index in [-0.39, 0.29) is 12.5 Å². The van der Waals surface area contributed by atoms with Gasteiger partial charge in [-0.25, -0.2) is 0 Å². The van der Waals surface area contributed by atoms with Gasteiger partial charge < -0.3 is 14.7 Å². The molecule has 1 N–H and O–H groups in total. The number of hydrogen-bond donors (Lipinski definition) is 1. The molecule has 0 bridgehead atoms. The van der Waals surface area contributed by atoms with Gasteiger partial charge >= 0.3 is 0 Å². The SMILES string of the molecule is COc1ccc(C(O)CN(C)C(=O)C(c2ccccc2)c2ccccc2)cc1. The van der Waals surface area contributed by atoms with Crippen LogP contribution in [-0.4, -0.2) is 36.6 Å². The first kappa shape index (κ1) is 19.6. The summed E-state index contributed by atoms with van der Waals surface area (Å²) in [5.74, 6) is 0.272. The number of aliphatic hydroxyl groups is 1. The van der Waals surface area contributed by atoms with Gasteiger partial charge in [-0.3, -0.25) is 4.79 Å². The molecule has 0 saturated heterocycles. The average Bonchev–Trinajstić information content (AvgIpc) is 2.75. The zero-order valence-electron chi connectivity index (χ0n) is 16.2. The molecule has 3 aromatic rings. The molecule has 0 saturated carbocycles. The third kappa shape index (κ3) is 4.59. The number of aliphatic hydroxyl groups excluding tert-OH is 1. The number of likely N-dealkylation sites (N-methyl/N-ethyl adjacent to an activating group) is 1. The van der Waals surface area contributed by atoms with Crippen molar-refractivity contribution in [3.63, 3.8) is 0 Å². The number of ether oxygens (including phenoxy) is 1. The van der Waals surface area contributed by atoms with Crippen molar-refractivity contribution in [3.05, 3.63) is 102 Å². The molecule has 4 heteroatoms. The van der Waals surface area contributed by atoms with Crippen molar-refractivity contribution in [2.45, 2.75) is 12.0 Å². The predicted molar refractivity (Wildman–Crippen MR) is 110 cm³/mol. The molecule has 0 heterocycles. The summed E-state index contributed by atoms with van der Waals surface area (Å²) in [7, 11) is 3.33. The van der Waals surface area contributed by atoms with Crippen LogP contribution in [0.4, 0.5) is 0 Å². The summed E-state index contributed by atoms with van der Waals surface area (Å²) >= 11 is 0. The molecule has 28 heavy (non-hydrogen) atoms. The highest BCUT2D eigenvalue weighted by Crippen LogP contribution is 2.27. The van der Waals surface area contributed by atoms with Crippen molar-refractivity contribution in [1.29, 1.82) is 0 Å². The second kappa shape index (κ2) is 9.20. The van der Waals surface area contributed by atoms with E-state index in [0.29, 0.717) is 0 Å². The van der Waals surface area contributed by atoms with Crippen LogP contribution in [0.25, 0.3) is 0 Å². The van der Waals surface area contributed by atoms with Crippen LogP contribution in [0.1, 0.15) is 28.7 Å². The highest BCUT2D eigenvalue weighted by atomic mass is 16.5. The fraction of sp³-hybridized carbons (Fsp3) is 0.208. The van der Waals surface area contributed by atoms with Gasteiger partial charge in [0.25, 0.3) is 0 Å². The lowest BCUT2D eigenvalue weighted by atomic mass is 9.90. The second-order valence-electron chi connectivity index (χ2n) is 6.76. The van der Waals surface area contributed by atoms with E-state index in [4.69, 9.17) is 4.74 Å². The molecule has 3 rings (SSSR count). The number of nitrogens with zero attached hydrogens (tertiary/aromatic N) is 1. The number of carbonyl (C=O) groups is 1. The zero-order valence-corrected chi connectivity index (χ0v) is 16.2. The fourth-order valence-corrected chi connectivity index (χ4v) is 3.27. The molecule has 1 unspecified atom stereocenters. The minimum atomic E-state index is -0.771. The molecule has 0 fully saturated rings. The van der Waals surface area contributed by atoms with Crippen LogP contribution < -0.4 is 4.74 Å². The molecule has 3 aromatic carbocycles. The molecule has 0 aliphatic heterocycles. The largest absolute Gasteiger partial charge is 0.497 e. The maximum absolute atomic E-state index is 13.3. The van der Waals surface area contributed by atoms with Crippen molar-refractivity contribution in [2.24, 2.45) is 0 Å². The van der Waals surface area contributed by atoms with Crippen LogP contribution in [0.15, 0.2) is 84.9 Å². The molecule has 1 amide bonds. The molecule has 0 radical (unpaired) electrons. The van der Waals surface area contributed by atoms with E-state index in [1.807, 2.05) is 72.8 Å². The van der Waals surface area contributed by atoms with Gasteiger partial charge in [0.05, 0.1) is 25.7 Å². The smallest absolute Gasteiger partial charge is 0.234 e. The molecule has 0 aliphatic rings. The van der Waals surface area contributed by atoms with Crippen LogP contribution in [-0.2, 0) is 4.79 Å². The number of amides is 1. The van der Waals surface area contributed by atoms with E-state index in [1.54, 1.807) is 31.2 Å². The van der Waals surface area contributed by atoms with Crippen molar-refractivity contribution in [3.8, 4) is 5.75 Å². The Kier molecular flexibility index (Phi) is 6.45. The van der Waals surface area contributed by atoms with Crippen molar-refractivity contribution >= 4 is 5.91 Å². The minimum Gasteiger partial charge on any atom is -0.497 e. The van der Waals surface area contributed by atoms with Crippen LogP contribution in [0.2, 0.25) is 0 Å². The Hall–Kier alpha value is -3.11. The van der Waals surface area contributed by atoms with E-state index in [0.717, 1.165) is 22.4 Å². The number of methoxy groups -OCH3 is 1. The van der Waals surface area contributed by atoms with Crippen molar-refractivity contribution in [2.75, 3.05) is 20.7 Å². The highest BCUT2D eigenvalue weighted by Gasteiger charge is 2.26. The number of rotatable bonds is 7. The summed E-state index contributed by atoms with van der Waals surface area (Å²) < 4.78 is 5.15. The molecule has 144 valence electrons. The summed E-state index contributed by atoms with van der Waals surface area (Å²) in [5.41, 5.74) is 2.62. The van der Waals surface area contributed by atoms with Gasteiger partial charge in [-0.1, -0.05) is 72.8 Å². The van der Waals surface area contributed by atoms with Gasteiger partial charge in [-0.2, -0.15) is 0 Å². The van der Waals surface area contributed by atoms with E-state index >= 15 is 0 Å². The van der Waals surface area contributed by atoms with Crippen molar-refractivity contribution in [1.82, 2.24) is 4.90 Å². The molecule has 1 atom stereocenters. The average molecular weight is 375 g/mol. The lowest BCUT2D eigenvalue weighted by Crippen LogP contribution is -2.35. The van der Waals surface area contributed by atoms with Gasteiger partial charge in [-0.15, -0.1) is 0 Å². The molecular weight excluding hydrogens is 350 g/mol. The molecule has 0 spiro atoms. The monoisotopic (exact) mass is 375 g/mol. The Balaban J connectivity index is 1.80. The lowest BCUT2D eigenvalue weighted by Gasteiger charge is -2.26. The van der Waals surface area contributed by atoms with E-state index in [2.05, 4.69) is 0 Å². The minimum absolute atomic E-state index is 0.0510. The van der Waals surface area contributed by atoms with Crippen LogP contribution in [0, 0.1) is 0 Å². The molecule has 4 nitrogen and oxygen atoms in total. The predicted octanol–water partition coefficient (Wildman–Crippen LogP) is 4.02. The number of benzene rings is 3. The Labute approximate surface area is 166 Å². The summed E-state index contributed by atoms with van der Waals surface area (Å²) in [5, 5.41) is 10.6. The maximum Gasteiger partial charge on any atom is 0.234 e. The second-order valence-corrected chi connectivity index (χ2v) is 6.76. The van der Waals surface area contributed by atoms with Gasteiger partial charge in [0.15, 0.2) is 0 Å². The Morgan fingerprint density at radius 2 is 1.36 bits per heavy atom. The van der Waals surface area contributed by atoms with E-state index in [9.17, 15) is 9.90 Å². The number of carbonyl (C=O) groups excluding carboxylic acids is 1. The third-order valence-corrected chi connectivity index (χ3v) is 4.84. The summed E-state index contributed by atoms with van der Waals surface area (Å²) in [6.07, 6.45) is -0.771. The van der Waals surface area contributed by atoms with E-state index < -0.39 is 12.0 Å². The van der Waals surface area contributed by atoms with Gasteiger partial charge in [0, 0.05) is 7.05 Å². The Morgan fingerprint density at radius 1 is 0.857 bits per heavy atom.